The molecular weight excluding hydrogens is 268 g/mol. The number of aromatic carboxylic acids is 1. The third kappa shape index (κ3) is 4.21. The van der Waals surface area contributed by atoms with E-state index >= 15 is 0 Å². The Morgan fingerprint density at radius 2 is 2.19 bits per heavy atom. The zero-order chi connectivity index (χ0) is 15.2. The van der Waals surface area contributed by atoms with Crippen LogP contribution in [0.4, 0.5) is 6.01 Å². The molecule has 5 nitrogen and oxygen atoms in total. The maximum atomic E-state index is 10.9. The monoisotopic (exact) mass is 290 g/mol. The summed E-state index contributed by atoms with van der Waals surface area (Å²) in [4.78, 5) is 15.2. The number of unbranched alkanes of at least 4 members (excludes halogenated alkanes) is 3. The van der Waals surface area contributed by atoms with E-state index < -0.39 is 5.97 Å². The van der Waals surface area contributed by atoms with Crippen LogP contribution in [0.5, 0.6) is 0 Å². The smallest absolute Gasteiger partial charge is 0.335 e. The molecule has 2 rings (SSSR count). The lowest BCUT2D eigenvalue weighted by molar-refractivity contribution is 0.0697. The topological polar surface area (TPSA) is 75.4 Å². The summed E-state index contributed by atoms with van der Waals surface area (Å²) in [5.74, 6) is -0.966. The Labute approximate surface area is 124 Å². The van der Waals surface area contributed by atoms with Gasteiger partial charge in [-0.15, -0.1) is 0 Å². The fourth-order valence-electron chi connectivity index (χ4n) is 2.28. The molecule has 0 saturated heterocycles. The number of fused-ring (bicyclic) bond motifs is 1. The molecule has 0 spiro atoms. The van der Waals surface area contributed by atoms with Crippen molar-refractivity contribution in [3.63, 3.8) is 0 Å². The summed E-state index contributed by atoms with van der Waals surface area (Å²) in [6.07, 6.45) is 6.01. The Morgan fingerprint density at radius 3 is 2.90 bits per heavy atom. The number of carbonyl (C=O) groups is 1. The van der Waals surface area contributed by atoms with Crippen molar-refractivity contribution in [1.29, 1.82) is 0 Å². The van der Waals surface area contributed by atoms with Crippen molar-refractivity contribution in [3.05, 3.63) is 23.8 Å². The van der Waals surface area contributed by atoms with Crippen LogP contribution in [0.3, 0.4) is 0 Å². The van der Waals surface area contributed by atoms with Crippen LogP contribution in [0.1, 0.15) is 56.3 Å². The van der Waals surface area contributed by atoms with Crippen molar-refractivity contribution in [2.75, 3.05) is 5.32 Å². The van der Waals surface area contributed by atoms with Crippen LogP contribution in [0, 0.1) is 0 Å². The minimum atomic E-state index is -0.966. The SMILES string of the molecule is CCCCCCC(C)Nc1nc2ccc(C(=O)O)cc2o1. The van der Waals surface area contributed by atoms with Crippen molar-refractivity contribution in [2.45, 2.75) is 52.0 Å². The molecule has 0 fully saturated rings. The highest BCUT2D eigenvalue weighted by atomic mass is 16.4. The minimum absolute atomic E-state index is 0.206. The molecule has 0 saturated carbocycles. The van der Waals surface area contributed by atoms with Crippen LogP contribution in [0.2, 0.25) is 0 Å². The predicted molar refractivity (Wildman–Crippen MR) is 82.8 cm³/mol. The molecular formula is C16H22N2O3. The molecule has 0 aliphatic rings. The van der Waals surface area contributed by atoms with Crippen LogP contribution in [-0.4, -0.2) is 22.1 Å². The number of rotatable bonds is 8. The maximum Gasteiger partial charge on any atom is 0.335 e. The van der Waals surface area contributed by atoms with Gasteiger partial charge in [-0.1, -0.05) is 32.6 Å². The summed E-state index contributed by atoms with van der Waals surface area (Å²) in [5.41, 5.74) is 1.37. The Hall–Kier alpha value is -2.04. The van der Waals surface area contributed by atoms with Gasteiger partial charge in [0.25, 0.3) is 6.01 Å². The third-order valence-corrected chi connectivity index (χ3v) is 3.50. The Balaban J connectivity index is 1.97. The van der Waals surface area contributed by atoms with Gasteiger partial charge in [-0.05, 0) is 31.5 Å². The minimum Gasteiger partial charge on any atom is -0.478 e. The molecule has 5 heteroatoms. The van der Waals surface area contributed by atoms with Gasteiger partial charge in [0.15, 0.2) is 5.58 Å². The largest absolute Gasteiger partial charge is 0.478 e. The summed E-state index contributed by atoms with van der Waals surface area (Å²) in [5, 5.41) is 12.2. The highest BCUT2D eigenvalue weighted by molar-refractivity contribution is 5.92. The van der Waals surface area contributed by atoms with Crippen molar-refractivity contribution in [2.24, 2.45) is 0 Å². The van der Waals surface area contributed by atoms with Gasteiger partial charge in [-0.3, -0.25) is 0 Å². The van der Waals surface area contributed by atoms with Crippen molar-refractivity contribution < 1.29 is 14.3 Å². The van der Waals surface area contributed by atoms with Crippen LogP contribution >= 0.6 is 0 Å². The molecule has 0 aliphatic carbocycles. The molecule has 0 radical (unpaired) electrons. The van der Waals surface area contributed by atoms with Gasteiger partial charge in [-0.25, -0.2) is 4.79 Å². The fraction of sp³-hybridized carbons (Fsp3) is 0.500. The number of carboxylic acids is 1. The first-order valence-electron chi connectivity index (χ1n) is 7.50. The Morgan fingerprint density at radius 1 is 1.38 bits per heavy atom. The highest BCUT2D eigenvalue weighted by Gasteiger charge is 2.11. The van der Waals surface area contributed by atoms with E-state index in [0.29, 0.717) is 17.1 Å². The van der Waals surface area contributed by atoms with Gasteiger partial charge in [0.1, 0.15) is 5.52 Å². The van der Waals surface area contributed by atoms with Crippen LogP contribution in [0.25, 0.3) is 11.1 Å². The van der Waals surface area contributed by atoms with E-state index in [9.17, 15) is 4.79 Å². The summed E-state index contributed by atoms with van der Waals surface area (Å²) >= 11 is 0. The molecule has 1 aromatic heterocycles. The number of aromatic nitrogens is 1. The van der Waals surface area contributed by atoms with Gasteiger partial charge < -0.3 is 14.8 Å². The van der Waals surface area contributed by atoms with Crippen molar-refractivity contribution in [3.8, 4) is 0 Å². The van der Waals surface area contributed by atoms with Crippen LogP contribution < -0.4 is 5.32 Å². The second-order valence-electron chi connectivity index (χ2n) is 5.40. The fourth-order valence-corrected chi connectivity index (χ4v) is 2.28. The zero-order valence-corrected chi connectivity index (χ0v) is 12.6. The molecule has 114 valence electrons. The van der Waals surface area contributed by atoms with Crippen molar-refractivity contribution >= 4 is 23.1 Å². The lowest BCUT2D eigenvalue weighted by Gasteiger charge is -2.11. The van der Waals surface area contributed by atoms with Gasteiger partial charge >= 0.3 is 5.97 Å². The molecule has 1 atom stereocenters. The second kappa shape index (κ2) is 7.11. The van der Waals surface area contributed by atoms with E-state index in [1.54, 1.807) is 6.07 Å². The first kappa shape index (κ1) is 15.4. The summed E-state index contributed by atoms with van der Waals surface area (Å²) in [6.45, 7) is 4.30. The van der Waals surface area contributed by atoms with Crippen LogP contribution in [0.15, 0.2) is 22.6 Å². The first-order chi connectivity index (χ1) is 10.1. The van der Waals surface area contributed by atoms with Gasteiger partial charge in [-0.2, -0.15) is 4.98 Å². The third-order valence-electron chi connectivity index (χ3n) is 3.50. The maximum absolute atomic E-state index is 10.9. The average molecular weight is 290 g/mol. The molecule has 0 aliphatic heterocycles. The Bertz CT molecular complexity index is 607. The number of carboxylic acid groups (broad SMARTS) is 1. The van der Waals surface area contributed by atoms with Gasteiger partial charge in [0.2, 0.25) is 0 Å². The number of hydrogen-bond donors (Lipinski definition) is 2. The molecule has 1 unspecified atom stereocenters. The standard InChI is InChI=1S/C16H22N2O3/c1-3-4-5-6-7-11(2)17-16-18-13-9-8-12(15(19)20)10-14(13)21-16/h8-11H,3-7H2,1-2H3,(H,17,18)(H,19,20). The molecule has 2 N–H and O–H groups in total. The number of benzene rings is 1. The van der Waals surface area contributed by atoms with Crippen molar-refractivity contribution in [1.82, 2.24) is 4.98 Å². The van der Waals surface area contributed by atoms with Crippen LogP contribution in [-0.2, 0) is 0 Å². The number of oxazole rings is 1. The molecule has 0 amide bonds. The lowest BCUT2D eigenvalue weighted by atomic mass is 10.1. The van der Waals surface area contributed by atoms with Gasteiger partial charge in [0, 0.05) is 6.04 Å². The zero-order valence-electron chi connectivity index (χ0n) is 12.6. The van der Waals surface area contributed by atoms with E-state index in [2.05, 4.69) is 24.1 Å². The quantitative estimate of drug-likeness (QED) is 0.709. The predicted octanol–water partition coefficient (Wildman–Crippen LogP) is 4.30. The average Bonchev–Trinajstić information content (AvgIpc) is 2.84. The summed E-state index contributed by atoms with van der Waals surface area (Å²) in [6, 6.07) is 5.44. The van der Waals surface area contributed by atoms with E-state index in [0.717, 1.165) is 6.42 Å². The Kier molecular flexibility index (Phi) is 5.20. The molecule has 2 aromatic rings. The summed E-state index contributed by atoms with van der Waals surface area (Å²) in [7, 11) is 0. The van der Waals surface area contributed by atoms with E-state index in [4.69, 9.17) is 9.52 Å². The number of nitrogens with zero attached hydrogens (tertiary/aromatic N) is 1. The molecule has 21 heavy (non-hydrogen) atoms. The highest BCUT2D eigenvalue weighted by Crippen LogP contribution is 2.21. The number of hydrogen-bond acceptors (Lipinski definition) is 4. The van der Waals surface area contributed by atoms with E-state index in [1.807, 2.05) is 0 Å². The van der Waals surface area contributed by atoms with E-state index in [1.165, 1.54) is 37.8 Å². The first-order valence-corrected chi connectivity index (χ1v) is 7.50. The number of nitrogens with one attached hydrogen (secondary N) is 1. The summed E-state index contributed by atoms with van der Waals surface area (Å²) < 4.78 is 5.57. The normalized spacial score (nSPS) is 12.5. The molecule has 1 aromatic carbocycles. The molecule has 0 bridgehead atoms. The number of anilines is 1. The van der Waals surface area contributed by atoms with Gasteiger partial charge in [0.05, 0.1) is 5.56 Å². The lowest BCUT2D eigenvalue weighted by Crippen LogP contribution is -2.14. The van der Waals surface area contributed by atoms with E-state index in [-0.39, 0.29) is 11.6 Å². The molecule has 1 heterocycles. The second-order valence-corrected chi connectivity index (χ2v) is 5.40.